The van der Waals surface area contributed by atoms with Gasteiger partial charge in [-0.1, -0.05) is 41.5 Å². The SMILES string of the molecule is CC(C)(C(=O)N[C@H](CO)C(C)(C)C)C1=N[C@@H](C(C)(C)C)CO1. The molecule has 2 atom stereocenters. The summed E-state index contributed by atoms with van der Waals surface area (Å²) in [6.07, 6.45) is 0. The van der Waals surface area contributed by atoms with Crippen molar-refractivity contribution in [2.45, 2.75) is 67.5 Å². The molecule has 0 saturated heterocycles. The van der Waals surface area contributed by atoms with E-state index in [9.17, 15) is 9.90 Å². The predicted molar refractivity (Wildman–Crippen MR) is 88.9 cm³/mol. The third-order valence-electron chi connectivity index (χ3n) is 4.29. The number of carbonyl (C=O) groups excluding carboxylic acids is 1. The molecule has 5 nitrogen and oxygen atoms in total. The van der Waals surface area contributed by atoms with Crippen molar-refractivity contribution in [2.75, 3.05) is 13.2 Å². The Morgan fingerprint density at radius 3 is 2.18 bits per heavy atom. The number of aliphatic hydroxyl groups excluding tert-OH is 1. The molecular weight excluding hydrogens is 280 g/mol. The molecule has 0 fully saturated rings. The molecule has 2 N–H and O–H groups in total. The van der Waals surface area contributed by atoms with Gasteiger partial charge in [-0.25, -0.2) is 4.99 Å². The summed E-state index contributed by atoms with van der Waals surface area (Å²) < 4.78 is 5.71. The number of amides is 1. The fraction of sp³-hybridized carbons (Fsp3) is 0.882. The summed E-state index contributed by atoms with van der Waals surface area (Å²) in [5.41, 5.74) is -1.06. The van der Waals surface area contributed by atoms with Gasteiger partial charge in [0.2, 0.25) is 5.91 Å². The van der Waals surface area contributed by atoms with Gasteiger partial charge in [-0.2, -0.15) is 0 Å². The minimum absolute atomic E-state index is 0.00729. The molecule has 0 aromatic heterocycles. The summed E-state index contributed by atoms with van der Waals surface area (Å²) in [5.74, 6) is 0.310. The van der Waals surface area contributed by atoms with Gasteiger partial charge in [0.25, 0.3) is 0 Å². The van der Waals surface area contributed by atoms with Crippen LogP contribution >= 0.6 is 0 Å². The lowest BCUT2D eigenvalue weighted by molar-refractivity contribution is -0.128. The van der Waals surface area contributed by atoms with Crippen LogP contribution in [0.2, 0.25) is 0 Å². The number of hydrogen-bond acceptors (Lipinski definition) is 4. The van der Waals surface area contributed by atoms with Crippen LogP contribution in [-0.4, -0.2) is 42.2 Å². The molecule has 0 spiro atoms. The van der Waals surface area contributed by atoms with Gasteiger partial charge in [0.15, 0.2) is 5.90 Å². The van der Waals surface area contributed by atoms with Crippen molar-refractivity contribution in [1.29, 1.82) is 0 Å². The number of hydrogen-bond donors (Lipinski definition) is 2. The summed E-state index contributed by atoms with van der Waals surface area (Å²) in [6, 6.07) is -0.245. The smallest absolute Gasteiger partial charge is 0.235 e. The number of nitrogens with one attached hydrogen (secondary N) is 1. The fourth-order valence-electron chi connectivity index (χ4n) is 2.13. The highest BCUT2D eigenvalue weighted by Gasteiger charge is 2.42. The summed E-state index contributed by atoms with van der Waals surface area (Å²) in [5, 5.41) is 12.4. The van der Waals surface area contributed by atoms with Crippen molar-refractivity contribution in [2.24, 2.45) is 21.2 Å². The van der Waals surface area contributed by atoms with E-state index in [1.165, 1.54) is 0 Å². The molecule has 0 saturated carbocycles. The second kappa shape index (κ2) is 6.19. The van der Waals surface area contributed by atoms with Crippen LogP contribution < -0.4 is 5.32 Å². The third-order valence-corrected chi connectivity index (χ3v) is 4.29. The maximum Gasteiger partial charge on any atom is 0.235 e. The molecular formula is C17H32N2O3. The van der Waals surface area contributed by atoms with Gasteiger partial charge in [0.1, 0.15) is 12.0 Å². The average molecular weight is 312 g/mol. The first-order valence-electron chi connectivity index (χ1n) is 7.93. The zero-order chi connectivity index (χ0) is 17.3. The lowest BCUT2D eigenvalue weighted by atomic mass is 9.85. The maximum atomic E-state index is 12.6. The Balaban J connectivity index is 2.88. The molecule has 0 aliphatic carbocycles. The van der Waals surface area contributed by atoms with Crippen molar-refractivity contribution < 1.29 is 14.6 Å². The molecule has 1 amide bonds. The van der Waals surface area contributed by atoms with E-state index in [1.807, 2.05) is 34.6 Å². The molecule has 0 aromatic rings. The molecule has 0 radical (unpaired) electrons. The normalized spacial score (nSPS) is 21.1. The predicted octanol–water partition coefficient (Wildman–Crippen LogP) is 2.38. The van der Waals surface area contributed by atoms with E-state index < -0.39 is 5.41 Å². The van der Waals surface area contributed by atoms with Crippen LogP contribution in [0, 0.1) is 16.2 Å². The number of ether oxygens (including phenoxy) is 1. The average Bonchev–Trinajstić information content (AvgIpc) is 2.83. The topological polar surface area (TPSA) is 70.9 Å². The van der Waals surface area contributed by atoms with Crippen LogP contribution in [0.15, 0.2) is 4.99 Å². The quantitative estimate of drug-likeness (QED) is 0.837. The molecule has 0 bridgehead atoms. The van der Waals surface area contributed by atoms with E-state index >= 15 is 0 Å². The van der Waals surface area contributed by atoms with E-state index in [1.54, 1.807) is 0 Å². The molecule has 1 rings (SSSR count). The zero-order valence-corrected chi connectivity index (χ0v) is 15.3. The minimum Gasteiger partial charge on any atom is -0.478 e. The van der Waals surface area contributed by atoms with Crippen LogP contribution in [0.4, 0.5) is 0 Å². The van der Waals surface area contributed by atoms with Gasteiger partial charge in [-0.3, -0.25) is 4.79 Å². The summed E-state index contributed by atoms with van der Waals surface area (Å²) >= 11 is 0. The van der Waals surface area contributed by atoms with Gasteiger partial charge in [-0.15, -0.1) is 0 Å². The van der Waals surface area contributed by atoms with Gasteiger partial charge < -0.3 is 15.2 Å². The Bertz CT molecular complexity index is 442. The molecule has 0 aromatic carbocycles. The van der Waals surface area contributed by atoms with Crippen molar-refractivity contribution >= 4 is 11.8 Å². The first-order valence-corrected chi connectivity index (χ1v) is 7.93. The Morgan fingerprint density at radius 2 is 1.82 bits per heavy atom. The Morgan fingerprint density at radius 1 is 1.27 bits per heavy atom. The highest BCUT2D eigenvalue weighted by molar-refractivity contribution is 6.04. The molecule has 1 aliphatic rings. The standard InChI is InChI=1S/C17H32N2O3/c1-15(2,3)11(9-20)18-13(21)17(7,8)14-19-12(10-22-14)16(4,5)6/h11-12,20H,9-10H2,1-8H3,(H,18,21)/t11-,12-/m1/s1. The number of nitrogens with zero attached hydrogens (tertiary/aromatic N) is 1. The van der Waals surface area contributed by atoms with Crippen molar-refractivity contribution in [3.05, 3.63) is 0 Å². The maximum absolute atomic E-state index is 12.6. The highest BCUT2D eigenvalue weighted by atomic mass is 16.5. The fourth-order valence-corrected chi connectivity index (χ4v) is 2.13. The zero-order valence-electron chi connectivity index (χ0n) is 15.3. The number of carbonyl (C=O) groups is 1. The lowest BCUT2D eigenvalue weighted by Crippen LogP contribution is -2.52. The summed E-state index contributed by atoms with van der Waals surface area (Å²) in [7, 11) is 0. The number of rotatable bonds is 4. The number of aliphatic hydroxyl groups is 1. The third kappa shape index (κ3) is 4.22. The van der Waals surface area contributed by atoms with Crippen LogP contribution in [0.25, 0.3) is 0 Å². The van der Waals surface area contributed by atoms with Gasteiger partial charge >= 0.3 is 0 Å². The van der Waals surface area contributed by atoms with Crippen molar-refractivity contribution in [1.82, 2.24) is 5.32 Å². The first-order chi connectivity index (χ1) is 9.80. The molecule has 1 heterocycles. The van der Waals surface area contributed by atoms with Crippen molar-refractivity contribution in [3.63, 3.8) is 0 Å². The van der Waals surface area contributed by atoms with Crippen LogP contribution in [-0.2, 0) is 9.53 Å². The van der Waals surface area contributed by atoms with E-state index in [0.29, 0.717) is 12.5 Å². The van der Waals surface area contributed by atoms with E-state index in [2.05, 4.69) is 31.1 Å². The van der Waals surface area contributed by atoms with E-state index in [0.717, 1.165) is 0 Å². The second-order valence-electron chi connectivity index (χ2n) is 8.83. The minimum atomic E-state index is -0.849. The monoisotopic (exact) mass is 312 g/mol. The molecule has 22 heavy (non-hydrogen) atoms. The summed E-state index contributed by atoms with van der Waals surface area (Å²) in [6.45, 7) is 16.3. The van der Waals surface area contributed by atoms with E-state index in [-0.39, 0.29) is 35.4 Å². The van der Waals surface area contributed by atoms with Gasteiger partial charge in [0, 0.05) is 0 Å². The molecule has 5 heteroatoms. The van der Waals surface area contributed by atoms with Crippen molar-refractivity contribution in [3.8, 4) is 0 Å². The molecule has 128 valence electrons. The Kier molecular flexibility index (Phi) is 5.33. The number of aliphatic imine (C=N–C) groups is 1. The first kappa shape index (κ1) is 18.9. The highest BCUT2D eigenvalue weighted by Crippen LogP contribution is 2.31. The largest absolute Gasteiger partial charge is 0.478 e. The van der Waals surface area contributed by atoms with Crippen LogP contribution in [0.3, 0.4) is 0 Å². The second-order valence-corrected chi connectivity index (χ2v) is 8.83. The Hall–Kier alpha value is -1.10. The summed E-state index contributed by atoms with van der Waals surface area (Å²) in [4.78, 5) is 17.3. The van der Waals surface area contributed by atoms with Crippen LogP contribution in [0.1, 0.15) is 55.4 Å². The molecule has 0 unspecified atom stereocenters. The van der Waals surface area contributed by atoms with E-state index in [4.69, 9.17) is 4.74 Å². The molecule has 1 aliphatic heterocycles. The van der Waals surface area contributed by atoms with Gasteiger partial charge in [0.05, 0.1) is 18.7 Å². The van der Waals surface area contributed by atoms with Gasteiger partial charge in [-0.05, 0) is 24.7 Å². The Labute approximate surface area is 134 Å². The van der Waals surface area contributed by atoms with Crippen LogP contribution in [0.5, 0.6) is 0 Å². The lowest BCUT2D eigenvalue weighted by Gasteiger charge is -2.33.